The van der Waals surface area contributed by atoms with Gasteiger partial charge >= 0.3 is 0 Å². The monoisotopic (exact) mass is 377 g/mol. The molecule has 0 fully saturated rings. The molecule has 28 heavy (non-hydrogen) atoms. The van der Waals surface area contributed by atoms with E-state index in [4.69, 9.17) is 4.74 Å². The molecule has 3 aromatic rings. The maximum Gasteiger partial charge on any atom is 0.200 e. The molecule has 1 N–H and O–H groups in total. The lowest BCUT2D eigenvalue weighted by atomic mass is 9.90. The van der Waals surface area contributed by atoms with Gasteiger partial charge in [-0.2, -0.15) is 0 Å². The topological polar surface area (TPSA) is 76.5 Å². The van der Waals surface area contributed by atoms with Crippen molar-refractivity contribution in [3.63, 3.8) is 0 Å². The van der Waals surface area contributed by atoms with Gasteiger partial charge in [0, 0.05) is 30.0 Å². The molecule has 140 valence electrons. The van der Waals surface area contributed by atoms with Gasteiger partial charge in [-0.25, -0.2) is 4.39 Å². The minimum Gasteiger partial charge on any atom is -0.511 e. The molecule has 0 aliphatic heterocycles. The maximum absolute atomic E-state index is 13.9. The Morgan fingerprint density at radius 2 is 1.89 bits per heavy atom. The molecule has 0 atom stereocenters. The predicted molar refractivity (Wildman–Crippen MR) is 101 cm³/mol. The van der Waals surface area contributed by atoms with E-state index in [0.717, 1.165) is 0 Å². The number of fused-ring (bicyclic) bond motifs is 1. The second kappa shape index (κ2) is 7.23. The van der Waals surface area contributed by atoms with Crippen molar-refractivity contribution in [2.45, 2.75) is 19.3 Å². The zero-order chi connectivity index (χ0) is 19.7. The van der Waals surface area contributed by atoms with E-state index in [1.165, 1.54) is 18.3 Å². The molecule has 0 bridgehead atoms. The highest BCUT2D eigenvalue weighted by molar-refractivity contribution is 6.27. The summed E-state index contributed by atoms with van der Waals surface area (Å²) >= 11 is 0. The fourth-order valence-electron chi connectivity index (χ4n) is 3.23. The average molecular weight is 377 g/mol. The molecule has 4 rings (SSSR count). The molecular formula is C22H16FNO4. The van der Waals surface area contributed by atoms with Crippen LogP contribution in [0.25, 0.3) is 10.9 Å². The van der Waals surface area contributed by atoms with E-state index in [-0.39, 0.29) is 34.8 Å². The number of nitrogens with zero attached hydrogens (tertiary/aromatic N) is 1. The minimum atomic E-state index is -0.537. The molecule has 0 amide bonds. The van der Waals surface area contributed by atoms with E-state index in [2.05, 4.69) is 4.98 Å². The number of carbonyl (C=O) groups excluding carboxylic acids is 2. The number of pyridine rings is 1. The van der Waals surface area contributed by atoms with Crippen molar-refractivity contribution in [2.24, 2.45) is 0 Å². The molecule has 0 unspecified atom stereocenters. The Kier molecular flexibility index (Phi) is 4.61. The molecule has 1 aliphatic carbocycles. The summed E-state index contributed by atoms with van der Waals surface area (Å²) in [6, 6.07) is 12.3. The number of rotatable bonds is 4. The quantitative estimate of drug-likeness (QED) is 0.516. The number of aliphatic hydroxyl groups excluding tert-OH is 1. The highest BCUT2D eigenvalue weighted by Crippen LogP contribution is 2.32. The number of ketones is 2. The van der Waals surface area contributed by atoms with E-state index in [1.54, 1.807) is 36.4 Å². The molecule has 1 heterocycles. The van der Waals surface area contributed by atoms with Crippen LogP contribution in [0.2, 0.25) is 0 Å². The summed E-state index contributed by atoms with van der Waals surface area (Å²) < 4.78 is 19.6. The van der Waals surface area contributed by atoms with E-state index in [0.29, 0.717) is 29.5 Å². The van der Waals surface area contributed by atoms with Crippen molar-refractivity contribution in [1.29, 1.82) is 0 Å². The first-order valence-electron chi connectivity index (χ1n) is 8.86. The van der Waals surface area contributed by atoms with Gasteiger partial charge in [0.1, 0.15) is 17.1 Å². The van der Waals surface area contributed by atoms with Crippen molar-refractivity contribution < 1.29 is 23.8 Å². The Labute approximate surface area is 160 Å². The van der Waals surface area contributed by atoms with Crippen LogP contribution in [0.3, 0.4) is 0 Å². The van der Waals surface area contributed by atoms with E-state index in [9.17, 15) is 19.1 Å². The number of para-hydroxylation sites is 1. The molecule has 1 aliphatic rings. The van der Waals surface area contributed by atoms with Crippen LogP contribution in [0.15, 0.2) is 66.1 Å². The smallest absolute Gasteiger partial charge is 0.200 e. The lowest BCUT2D eigenvalue weighted by Gasteiger charge is -2.15. The molecular weight excluding hydrogens is 361 g/mol. The Balaban J connectivity index is 1.77. The van der Waals surface area contributed by atoms with Crippen molar-refractivity contribution in [2.75, 3.05) is 0 Å². The molecule has 0 spiro atoms. The van der Waals surface area contributed by atoms with Crippen LogP contribution in [0.4, 0.5) is 4.39 Å². The molecule has 0 saturated heterocycles. The first kappa shape index (κ1) is 17.9. The summed E-state index contributed by atoms with van der Waals surface area (Å²) in [4.78, 5) is 29.2. The highest BCUT2D eigenvalue weighted by Gasteiger charge is 2.27. The Morgan fingerprint density at radius 3 is 2.68 bits per heavy atom. The third-order valence-electron chi connectivity index (χ3n) is 4.63. The van der Waals surface area contributed by atoms with Gasteiger partial charge in [-0.1, -0.05) is 12.1 Å². The zero-order valence-electron chi connectivity index (χ0n) is 14.8. The van der Waals surface area contributed by atoms with Crippen LogP contribution in [-0.4, -0.2) is 21.7 Å². The number of carbonyl (C=O) groups is 2. The second-order valence-corrected chi connectivity index (χ2v) is 6.50. The normalized spacial score (nSPS) is 14.4. The van der Waals surface area contributed by atoms with Gasteiger partial charge in [-0.15, -0.1) is 0 Å². The lowest BCUT2D eigenvalue weighted by Crippen LogP contribution is -2.19. The Bertz CT molecular complexity index is 1140. The predicted octanol–water partition coefficient (Wildman–Crippen LogP) is 4.91. The Morgan fingerprint density at radius 1 is 1.07 bits per heavy atom. The number of halogens is 1. The summed E-state index contributed by atoms with van der Waals surface area (Å²) in [6.07, 6.45) is 2.61. The number of hydrogen-bond donors (Lipinski definition) is 1. The number of hydrogen-bond acceptors (Lipinski definition) is 5. The minimum absolute atomic E-state index is 0.0505. The average Bonchev–Trinajstić information content (AvgIpc) is 2.69. The van der Waals surface area contributed by atoms with Gasteiger partial charge in [-0.05, 0) is 42.8 Å². The summed E-state index contributed by atoms with van der Waals surface area (Å²) in [6.45, 7) is 0. The standard InChI is InChI=1S/C22H16FNO4/c23-15-4-1-2-7-20(15)28-19-10-11-24-16-9-8-13(12-14(16)19)22(27)21-17(25)5-3-6-18(21)26/h1-2,4,7-12,25H,3,5-6H2. The van der Waals surface area contributed by atoms with Gasteiger partial charge in [0.05, 0.1) is 5.52 Å². The summed E-state index contributed by atoms with van der Waals surface area (Å²) in [7, 11) is 0. The van der Waals surface area contributed by atoms with Gasteiger partial charge in [0.2, 0.25) is 0 Å². The van der Waals surface area contributed by atoms with Gasteiger partial charge < -0.3 is 9.84 Å². The van der Waals surface area contributed by atoms with Crippen LogP contribution in [0.1, 0.15) is 29.6 Å². The number of benzene rings is 2. The second-order valence-electron chi connectivity index (χ2n) is 6.50. The number of allylic oxidation sites excluding steroid dienone is 2. The van der Waals surface area contributed by atoms with Crippen LogP contribution < -0.4 is 4.74 Å². The first-order valence-corrected chi connectivity index (χ1v) is 8.86. The highest BCUT2D eigenvalue weighted by atomic mass is 19.1. The van der Waals surface area contributed by atoms with Gasteiger partial charge in [-0.3, -0.25) is 14.6 Å². The first-order chi connectivity index (χ1) is 13.5. The van der Waals surface area contributed by atoms with Gasteiger partial charge in [0.25, 0.3) is 0 Å². The summed E-state index contributed by atoms with van der Waals surface area (Å²) in [5.41, 5.74) is 0.625. The maximum atomic E-state index is 13.9. The van der Waals surface area contributed by atoms with Crippen LogP contribution in [0, 0.1) is 5.82 Å². The van der Waals surface area contributed by atoms with Crippen LogP contribution in [0.5, 0.6) is 11.5 Å². The van der Waals surface area contributed by atoms with Crippen LogP contribution in [-0.2, 0) is 4.79 Å². The summed E-state index contributed by atoms with van der Waals surface area (Å²) in [5.74, 6) is -1.20. The van der Waals surface area contributed by atoms with E-state index in [1.807, 2.05) is 0 Å². The fourth-order valence-corrected chi connectivity index (χ4v) is 3.23. The third kappa shape index (κ3) is 3.24. The van der Waals surface area contributed by atoms with Crippen molar-refractivity contribution in [1.82, 2.24) is 4.98 Å². The van der Waals surface area contributed by atoms with Gasteiger partial charge in [0.15, 0.2) is 23.1 Å². The third-order valence-corrected chi connectivity index (χ3v) is 4.63. The molecule has 0 radical (unpaired) electrons. The molecule has 6 heteroatoms. The SMILES string of the molecule is O=C1CCCC(O)=C1C(=O)c1ccc2nccc(Oc3ccccc3F)c2c1. The van der Waals surface area contributed by atoms with Crippen molar-refractivity contribution in [3.05, 3.63) is 77.4 Å². The van der Waals surface area contributed by atoms with Crippen molar-refractivity contribution in [3.8, 4) is 11.5 Å². The molecule has 2 aromatic carbocycles. The zero-order valence-corrected chi connectivity index (χ0v) is 14.8. The number of aliphatic hydroxyl groups is 1. The van der Waals surface area contributed by atoms with E-state index >= 15 is 0 Å². The van der Waals surface area contributed by atoms with E-state index < -0.39 is 11.6 Å². The largest absolute Gasteiger partial charge is 0.511 e. The molecule has 5 nitrogen and oxygen atoms in total. The van der Waals surface area contributed by atoms with Crippen LogP contribution >= 0.6 is 0 Å². The summed E-state index contributed by atoms with van der Waals surface area (Å²) in [5, 5.41) is 10.5. The Hall–Kier alpha value is -3.54. The number of ether oxygens (including phenoxy) is 1. The van der Waals surface area contributed by atoms with Crippen molar-refractivity contribution >= 4 is 22.5 Å². The number of Topliss-reactive ketones (excluding diaryl/α,β-unsaturated/α-hetero) is 2. The lowest BCUT2D eigenvalue weighted by molar-refractivity contribution is -0.116. The molecule has 1 aromatic heterocycles. The molecule has 0 saturated carbocycles. The fraction of sp³-hybridized carbons (Fsp3) is 0.136. The number of aromatic nitrogens is 1.